The molecule has 2 aromatic carbocycles. The van der Waals surface area contributed by atoms with Gasteiger partial charge in [0.15, 0.2) is 0 Å². The highest BCUT2D eigenvalue weighted by Crippen LogP contribution is 2.25. The van der Waals surface area contributed by atoms with Crippen LogP contribution >= 0.6 is 11.3 Å². The molecule has 8 heteroatoms. The number of nitrogens with one attached hydrogen (secondary N) is 1. The summed E-state index contributed by atoms with van der Waals surface area (Å²) in [6.45, 7) is 4.21. The number of rotatable bonds is 10. The fourth-order valence-corrected chi connectivity index (χ4v) is 5.69. The molecule has 168 valence electrons. The van der Waals surface area contributed by atoms with Crippen LogP contribution in [-0.4, -0.2) is 46.4 Å². The van der Waals surface area contributed by atoms with Gasteiger partial charge in [-0.25, -0.2) is 8.42 Å². The van der Waals surface area contributed by atoms with Crippen molar-refractivity contribution in [2.45, 2.75) is 10.9 Å². The fraction of sp³-hybridized carbons (Fsp3) is 0.208. The number of carbonyl (C=O) groups excluding carboxylic acids is 1. The Morgan fingerprint density at radius 1 is 1.09 bits per heavy atom. The minimum Gasteiger partial charge on any atom is -0.350 e. The zero-order valence-corrected chi connectivity index (χ0v) is 19.8. The van der Waals surface area contributed by atoms with Gasteiger partial charge < -0.3 is 10.2 Å². The number of para-hydroxylation sites is 1. The molecule has 0 radical (unpaired) electrons. The SMILES string of the molecule is C=CCN(c1ccccc1)S(=O)(=O)c1cccc(C(=O)NCC(c2cccs2)N(C)C)c1. The van der Waals surface area contributed by atoms with Gasteiger partial charge in [0.25, 0.3) is 15.9 Å². The van der Waals surface area contributed by atoms with Crippen molar-refractivity contribution < 1.29 is 13.2 Å². The molecule has 6 nitrogen and oxygen atoms in total. The topological polar surface area (TPSA) is 69.7 Å². The average Bonchev–Trinajstić information content (AvgIpc) is 3.32. The molecule has 1 unspecified atom stereocenters. The summed E-state index contributed by atoms with van der Waals surface area (Å²) in [6, 6.07) is 19.0. The van der Waals surface area contributed by atoms with E-state index in [9.17, 15) is 13.2 Å². The molecule has 32 heavy (non-hydrogen) atoms. The summed E-state index contributed by atoms with van der Waals surface area (Å²) in [5.74, 6) is -0.319. The Morgan fingerprint density at radius 3 is 2.47 bits per heavy atom. The Hall–Kier alpha value is -2.94. The minimum atomic E-state index is -3.88. The third-order valence-electron chi connectivity index (χ3n) is 4.97. The first-order chi connectivity index (χ1) is 15.3. The van der Waals surface area contributed by atoms with Crippen molar-refractivity contribution in [2.75, 3.05) is 31.5 Å². The fourth-order valence-electron chi connectivity index (χ4n) is 3.29. The van der Waals surface area contributed by atoms with E-state index in [1.165, 1.54) is 22.5 Å². The van der Waals surface area contributed by atoms with Crippen LogP contribution in [0.25, 0.3) is 0 Å². The lowest BCUT2D eigenvalue weighted by atomic mass is 10.2. The van der Waals surface area contributed by atoms with E-state index in [0.717, 1.165) is 4.88 Å². The Bertz CT molecular complexity index is 1140. The first-order valence-corrected chi connectivity index (χ1v) is 12.4. The van der Waals surface area contributed by atoms with E-state index in [1.807, 2.05) is 42.6 Å². The van der Waals surface area contributed by atoms with Crippen LogP contribution in [0.2, 0.25) is 0 Å². The molecule has 1 aromatic heterocycles. The third kappa shape index (κ3) is 5.45. The molecule has 0 saturated carbocycles. The number of anilines is 1. The van der Waals surface area contributed by atoms with Gasteiger partial charge in [-0.1, -0.05) is 36.4 Å². The molecule has 1 atom stereocenters. The lowest BCUT2D eigenvalue weighted by Crippen LogP contribution is -2.34. The Morgan fingerprint density at radius 2 is 1.84 bits per heavy atom. The average molecular weight is 470 g/mol. The smallest absolute Gasteiger partial charge is 0.264 e. The first-order valence-electron chi connectivity index (χ1n) is 10.1. The molecular formula is C24H27N3O3S2. The van der Waals surface area contributed by atoms with E-state index >= 15 is 0 Å². The maximum atomic E-state index is 13.3. The van der Waals surface area contributed by atoms with Crippen LogP contribution < -0.4 is 9.62 Å². The molecule has 0 bridgehead atoms. The second-order valence-electron chi connectivity index (χ2n) is 7.39. The molecule has 1 heterocycles. The summed E-state index contributed by atoms with van der Waals surface area (Å²) in [7, 11) is 0.0427. The van der Waals surface area contributed by atoms with Crippen LogP contribution in [0.15, 0.2) is 89.7 Å². The molecule has 0 aliphatic carbocycles. The van der Waals surface area contributed by atoms with Crippen LogP contribution in [0.3, 0.4) is 0 Å². The Balaban J connectivity index is 1.82. The van der Waals surface area contributed by atoms with Gasteiger partial charge in [0.1, 0.15) is 0 Å². The predicted octanol–water partition coefficient (Wildman–Crippen LogP) is 4.16. The van der Waals surface area contributed by atoms with Crippen LogP contribution in [0.4, 0.5) is 5.69 Å². The van der Waals surface area contributed by atoms with Crippen molar-refractivity contribution in [3.05, 3.63) is 95.2 Å². The highest BCUT2D eigenvalue weighted by molar-refractivity contribution is 7.92. The van der Waals surface area contributed by atoms with E-state index in [0.29, 0.717) is 17.8 Å². The molecule has 1 amide bonds. The second-order valence-corrected chi connectivity index (χ2v) is 10.2. The van der Waals surface area contributed by atoms with Gasteiger partial charge in [-0.05, 0) is 55.9 Å². The number of thiophene rings is 1. The molecular weight excluding hydrogens is 442 g/mol. The highest BCUT2D eigenvalue weighted by Gasteiger charge is 2.25. The number of benzene rings is 2. The van der Waals surface area contributed by atoms with E-state index in [1.54, 1.807) is 47.7 Å². The van der Waals surface area contributed by atoms with Gasteiger partial charge in [-0.3, -0.25) is 9.10 Å². The van der Waals surface area contributed by atoms with Crippen LogP contribution in [0.1, 0.15) is 21.3 Å². The van der Waals surface area contributed by atoms with Gasteiger partial charge in [-0.2, -0.15) is 0 Å². The zero-order chi connectivity index (χ0) is 23.1. The summed E-state index contributed by atoms with van der Waals surface area (Å²) in [5, 5.41) is 4.94. The van der Waals surface area contributed by atoms with E-state index < -0.39 is 10.0 Å². The maximum Gasteiger partial charge on any atom is 0.264 e. The van der Waals surface area contributed by atoms with Gasteiger partial charge >= 0.3 is 0 Å². The van der Waals surface area contributed by atoms with Gasteiger partial charge in [-0.15, -0.1) is 17.9 Å². The van der Waals surface area contributed by atoms with Crippen LogP contribution in [0.5, 0.6) is 0 Å². The first kappa shape index (κ1) is 23.7. The number of hydrogen-bond donors (Lipinski definition) is 1. The number of sulfonamides is 1. The summed E-state index contributed by atoms with van der Waals surface area (Å²) in [4.78, 5) is 16.1. The number of carbonyl (C=O) groups is 1. The lowest BCUT2D eigenvalue weighted by molar-refractivity contribution is 0.0942. The van der Waals surface area contributed by atoms with Crippen molar-refractivity contribution >= 4 is 33.0 Å². The number of amides is 1. The maximum absolute atomic E-state index is 13.3. The number of hydrogen-bond acceptors (Lipinski definition) is 5. The summed E-state index contributed by atoms with van der Waals surface area (Å²) >= 11 is 1.63. The lowest BCUT2D eigenvalue weighted by Gasteiger charge is -2.24. The van der Waals surface area contributed by atoms with Gasteiger partial charge in [0, 0.05) is 17.0 Å². The van der Waals surface area contributed by atoms with Crippen molar-refractivity contribution in [3.8, 4) is 0 Å². The van der Waals surface area contributed by atoms with Crippen molar-refractivity contribution in [1.82, 2.24) is 10.2 Å². The van der Waals surface area contributed by atoms with Gasteiger partial charge in [0.2, 0.25) is 0 Å². The number of likely N-dealkylation sites (N-methyl/N-ethyl adjacent to an activating group) is 1. The minimum absolute atomic E-state index is 0.0343. The second kappa shape index (κ2) is 10.6. The Labute approximate surface area is 193 Å². The van der Waals surface area contributed by atoms with E-state index in [4.69, 9.17) is 0 Å². The van der Waals surface area contributed by atoms with Crippen molar-refractivity contribution in [2.24, 2.45) is 0 Å². The molecule has 0 fully saturated rings. The highest BCUT2D eigenvalue weighted by atomic mass is 32.2. The largest absolute Gasteiger partial charge is 0.350 e. The normalized spacial score (nSPS) is 12.3. The molecule has 3 rings (SSSR count). The summed E-state index contributed by atoms with van der Waals surface area (Å²) in [6.07, 6.45) is 1.53. The predicted molar refractivity (Wildman–Crippen MR) is 131 cm³/mol. The van der Waals surface area contributed by atoms with Crippen LogP contribution in [0, 0.1) is 0 Å². The monoisotopic (exact) mass is 469 g/mol. The van der Waals surface area contributed by atoms with E-state index in [2.05, 4.69) is 11.9 Å². The van der Waals surface area contributed by atoms with Crippen LogP contribution in [-0.2, 0) is 10.0 Å². The molecule has 0 aliphatic heterocycles. The quantitative estimate of drug-likeness (QED) is 0.453. The summed E-state index contributed by atoms with van der Waals surface area (Å²) < 4.78 is 28.0. The molecule has 1 N–H and O–H groups in total. The van der Waals surface area contributed by atoms with Crippen molar-refractivity contribution in [1.29, 1.82) is 0 Å². The third-order valence-corrected chi connectivity index (χ3v) is 7.74. The Kier molecular flexibility index (Phi) is 7.84. The molecule has 0 spiro atoms. The number of nitrogens with zero attached hydrogens (tertiary/aromatic N) is 2. The molecule has 0 saturated heterocycles. The standard InChI is InChI=1S/C24H27N3O3S2/c1-4-15-27(20-11-6-5-7-12-20)32(29,30)21-13-8-10-19(17-21)24(28)25-18-22(26(2)3)23-14-9-16-31-23/h4-14,16-17,22H,1,15,18H2,2-3H3,(H,25,28). The zero-order valence-electron chi connectivity index (χ0n) is 18.1. The van der Waals surface area contributed by atoms with Crippen molar-refractivity contribution in [3.63, 3.8) is 0 Å². The molecule has 0 aliphatic rings. The van der Waals surface area contributed by atoms with E-state index in [-0.39, 0.29) is 23.4 Å². The molecule has 3 aromatic rings. The van der Waals surface area contributed by atoms with Gasteiger partial charge in [0.05, 0.1) is 23.2 Å². The summed E-state index contributed by atoms with van der Waals surface area (Å²) in [5.41, 5.74) is 0.827.